The summed E-state index contributed by atoms with van der Waals surface area (Å²) < 4.78 is 12.5. The van der Waals surface area contributed by atoms with Crippen molar-refractivity contribution in [3.8, 4) is 5.75 Å². The van der Waals surface area contributed by atoms with Crippen LogP contribution in [0, 0.1) is 0 Å². The molecule has 0 unspecified atom stereocenters. The van der Waals surface area contributed by atoms with Crippen molar-refractivity contribution < 1.29 is 18.7 Å². The highest BCUT2D eigenvalue weighted by Gasteiger charge is 2.25. The van der Waals surface area contributed by atoms with Crippen LogP contribution in [-0.2, 0) is 16.1 Å². The minimum Gasteiger partial charge on any atom is -0.494 e. The Morgan fingerprint density at radius 2 is 1.91 bits per heavy atom. The Morgan fingerprint density at radius 1 is 1.11 bits per heavy atom. The second-order valence-electron chi connectivity index (χ2n) is 9.98. The van der Waals surface area contributed by atoms with Gasteiger partial charge in [0.05, 0.1) is 30.6 Å². The summed E-state index contributed by atoms with van der Waals surface area (Å²) in [4.78, 5) is 59.4. The number of rotatable bonds is 11. The second-order valence-corrected chi connectivity index (χ2v) is 10.4. The summed E-state index contributed by atoms with van der Waals surface area (Å²) in [6.07, 6.45) is 4.10. The van der Waals surface area contributed by atoms with Gasteiger partial charge in [0.15, 0.2) is 17.2 Å². The summed E-state index contributed by atoms with van der Waals surface area (Å²) in [6, 6.07) is 13.4. The van der Waals surface area contributed by atoms with E-state index in [4.69, 9.17) is 25.7 Å². The number of fused-ring (bicyclic) bond motifs is 1. The Bertz CT molecular complexity index is 1990. The first kappa shape index (κ1) is 31.9. The van der Waals surface area contributed by atoms with Gasteiger partial charge >= 0.3 is 0 Å². The first-order valence-electron chi connectivity index (χ1n) is 14.4. The third-order valence-corrected chi connectivity index (χ3v) is 7.34. The van der Waals surface area contributed by atoms with E-state index >= 15 is 0 Å². The third kappa shape index (κ3) is 6.89. The average Bonchev–Trinajstić information content (AvgIpc) is 3.57. The van der Waals surface area contributed by atoms with Gasteiger partial charge in [0.25, 0.3) is 11.5 Å². The molecule has 5 aromatic rings. The van der Waals surface area contributed by atoms with E-state index in [1.807, 2.05) is 26.0 Å². The van der Waals surface area contributed by atoms with E-state index in [1.165, 1.54) is 49.5 Å². The van der Waals surface area contributed by atoms with Crippen molar-refractivity contribution in [1.29, 1.82) is 0 Å². The Kier molecular flexibility index (Phi) is 9.72. The van der Waals surface area contributed by atoms with Crippen molar-refractivity contribution in [3.63, 3.8) is 0 Å². The summed E-state index contributed by atoms with van der Waals surface area (Å²) in [7, 11) is 1.51. The number of hydrogen-bond acceptors (Lipinski definition) is 10. The number of amides is 2. The van der Waals surface area contributed by atoms with Crippen molar-refractivity contribution in [2.45, 2.75) is 27.3 Å². The maximum Gasteiger partial charge on any atom is 0.278 e. The lowest BCUT2D eigenvalue weighted by Crippen LogP contribution is -2.34. The monoisotopic (exact) mass is 642 g/mol. The lowest BCUT2D eigenvalue weighted by Gasteiger charge is -2.22. The summed E-state index contributed by atoms with van der Waals surface area (Å²) in [5, 5.41) is 5.78. The van der Waals surface area contributed by atoms with Gasteiger partial charge in [0, 0.05) is 43.7 Å². The SMILES string of the molecule is CCN(CC)c1ccc(N=C(C(=O)Nc2cc(NC(C)=O)ccc2Cl)c2nc3ncncc3c(=O)n2Cc2ccco2)c(OC)c1. The highest BCUT2D eigenvalue weighted by Crippen LogP contribution is 2.33. The molecule has 0 atom stereocenters. The summed E-state index contributed by atoms with van der Waals surface area (Å²) in [6.45, 7) is 6.94. The second kappa shape index (κ2) is 14.0. The van der Waals surface area contributed by atoms with Crippen molar-refractivity contribution >= 4 is 62.9 Å². The number of carbonyl (C=O) groups is 2. The molecule has 46 heavy (non-hydrogen) atoms. The topological polar surface area (TPSA) is 157 Å². The van der Waals surface area contributed by atoms with Gasteiger partial charge in [-0.2, -0.15) is 0 Å². The van der Waals surface area contributed by atoms with E-state index in [-0.39, 0.29) is 45.7 Å². The van der Waals surface area contributed by atoms with Crippen LogP contribution in [0.15, 0.2) is 81.5 Å². The largest absolute Gasteiger partial charge is 0.494 e. The molecule has 236 valence electrons. The smallest absolute Gasteiger partial charge is 0.278 e. The van der Waals surface area contributed by atoms with E-state index in [0.29, 0.717) is 22.9 Å². The van der Waals surface area contributed by atoms with Crippen LogP contribution < -0.4 is 25.8 Å². The molecule has 3 aromatic heterocycles. The maximum absolute atomic E-state index is 14.2. The van der Waals surface area contributed by atoms with E-state index < -0.39 is 11.5 Å². The van der Waals surface area contributed by atoms with E-state index in [9.17, 15) is 14.4 Å². The number of halogens is 1. The molecule has 0 saturated heterocycles. The number of hydrogen-bond donors (Lipinski definition) is 2. The van der Waals surface area contributed by atoms with E-state index in [2.05, 4.69) is 30.5 Å². The highest BCUT2D eigenvalue weighted by atomic mass is 35.5. The molecule has 0 radical (unpaired) electrons. The average molecular weight is 643 g/mol. The molecule has 0 bridgehead atoms. The lowest BCUT2D eigenvalue weighted by atomic mass is 10.2. The zero-order chi connectivity index (χ0) is 32.8. The lowest BCUT2D eigenvalue weighted by molar-refractivity contribution is -0.114. The molecule has 0 saturated carbocycles. The third-order valence-electron chi connectivity index (χ3n) is 7.01. The summed E-state index contributed by atoms with van der Waals surface area (Å²) >= 11 is 6.45. The molecular weight excluding hydrogens is 612 g/mol. The number of anilines is 3. The van der Waals surface area contributed by atoms with Gasteiger partial charge in [-0.1, -0.05) is 11.6 Å². The van der Waals surface area contributed by atoms with Crippen molar-refractivity contribution in [2.24, 2.45) is 4.99 Å². The number of aromatic nitrogens is 4. The molecule has 0 fully saturated rings. The molecule has 0 aliphatic carbocycles. The predicted molar refractivity (Wildman–Crippen MR) is 177 cm³/mol. The molecule has 2 aromatic carbocycles. The van der Waals surface area contributed by atoms with Gasteiger partial charge < -0.3 is 24.7 Å². The van der Waals surface area contributed by atoms with Crippen LogP contribution in [0.3, 0.4) is 0 Å². The van der Waals surface area contributed by atoms with E-state index in [1.54, 1.807) is 24.3 Å². The fourth-order valence-corrected chi connectivity index (χ4v) is 4.97. The number of furan rings is 1. The van der Waals surface area contributed by atoms with Gasteiger partial charge in [0.1, 0.15) is 28.9 Å². The zero-order valence-corrected chi connectivity index (χ0v) is 26.3. The van der Waals surface area contributed by atoms with Crippen LogP contribution in [-0.4, -0.2) is 57.2 Å². The molecule has 3 heterocycles. The number of nitrogens with zero attached hydrogens (tertiary/aromatic N) is 6. The van der Waals surface area contributed by atoms with Crippen LogP contribution in [0.4, 0.5) is 22.7 Å². The predicted octanol–water partition coefficient (Wildman–Crippen LogP) is 5.05. The van der Waals surface area contributed by atoms with Gasteiger partial charge in [-0.05, 0) is 56.3 Å². The molecule has 5 rings (SSSR count). The Hall–Kier alpha value is -5.56. The number of carbonyl (C=O) groups excluding carboxylic acids is 2. The molecule has 0 spiro atoms. The fourth-order valence-electron chi connectivity index (χ4n) is 4.80. The fraction of sp³-hybridized carbons (Fsp3) is 0.219. The van der Waals surface area contributed by atoms with Crippen molar-refractivity contribution in [3.05, 3.63) is 94.3 Å². The first-order chi connectivity index (χ1) is 22.2. The van der Waals surface area contributed by atoms with Gasteiger partial charge in [-0.15, -0.1) is 0 Å². The minimum atomic E-state index is -0.745. The first-order valence-corrected chi connectivity index (χ1v) is 14.7. The Morgan fingerprint density at radius 3 is 2.61 bits per heavy atom. The molecular formula is C32H31ClN8O5. The van der Waals surface area contributed by atoms with Gasteiger partial charge in [-0.25, -0.2) is 19.9 Å². The van der Waals surface area contributed by atoms with Crippen molar-refractivity contribution in [1.82, 2.24) is 19.5 Å². The van der Waals surface area contributed by atoms with Crippen LogP contribution in [0.5, 0.6) is 5.75 Å². The zero-order valence-electron chi connectivity index (χ0n) is 25.6. The van der Waals surface area contributed by atoms with Crippen LogP contribution in [0.25, 0.3) is 11.0 Å². The van der Waals surface area contributed by atoms with Crippen LogP contribution in [0.1, 0.15) is 32.4 Å². The number of nitrogens with one attached hydrogen (secondary N) is 2. The van der Waals surface area contributed by atoms with Crippen molar-refractivity contribution in [2.75, 3.05) is 35.7 Å². The van der Waals surface area contributed by atoms with Crippen LogP contribution in [0.2, 0.25) is 5.02 Å². The molecule has 2 N–H and O–H groups in total. The molecule has 0 aliphatic heterocycles. The minimum absolute atomic E-state index is 0.0674. The Balaban J connectivity index is 1.73. The standard InChI is InChI=1S/C32H31ClN8O5/c1-5-40(6-2)21-10-12-25(27(15-21)45-4)37-28(31(43)38-26-14-20(36-19(3)42)9-11-24(26)33)30-39-29-23(16-34-18-35-29)32(44)41(30)17-22-8-7-13-46-22/h7-16,18H,5-6,17H2,1-4H3,(H,36,42)(H,38,43). The number of ether oxygens (including phenoxy) is 1. The number of aliphatic imine (C=N–C) groups is 1. The number of benzene rings is 2. The molecule has 14 heteroatoms. The molecule has 0 aliphatic rings. The quantitative estimate of drug-likeness (QED) is 0.188. The van der Waals surface area contributed by atoms with E-state index in [0.717, 1.165) is 18.8 Å². The molecule has 2 amide bonds. The normalized spacial score (nSPS) is 11.4. The summed E-state index contributed by atoms with van der Waals surface area (Å²) in [5.74, 6) is -0.303. The van der Waals surface area contributed by atoms with Gasteiger partial charge in [-0.3, -0.25) is 19.0 Å². The summed E-state index contributed by atoms with van der Waals surface area (Å²) in [5.41, 5.74) is 1.14. The Labute approximate surface area is 268 Å². The maximum atomic E-state index is 14.2. The molecule has 13 nitrogen and oxygen atoms in total. The van der Waals surface area contributed by atoms with Crippen LogP contribution >= 0.6 is 11.6 Å². The number of methoxy groups -OCH3 is 1. The highest BCUT2D eigenvalue weighted by molar-refractivity contribution is 6.49. The van der Waals surface area contributed by atoms with Gasteiger partial charge in [0.2, 0.25) is 5.91 Å².